The average Bonchev–Trinajstić information content (AvgIpc) is 3.39. The van der Waals surface area contributed by atoms with Gasteiger partial charge in [-0.15, -0.1) is 64.7 Å². The fourth-order valence-electron chi connectivity index (χ4n) is 6.82. The van der Waals surface area contributed by atoms with Gasteiger partial charge in [0.15, 0.2) is 0 Å². The molecular formula is C47H40IrN2-2. The molecule has 1 aliphatic carbocycles. The van der Waals surface area contributed by atoms with Crippen LogP contribution in [-0.4, -0.2) is 9.97 Å². The summed E-state index contributed by atoms with van der Waals surface area (Å²) in [6, 6.07) is 55.2. The number of benzene rings is 5. The van der Waals surface area contributed by atoms with Gasteiger partial charge in [-0.25, -0.2) is 0 Å². The van der Waals surface area contributed by atoms with E-state index >= 15 is 0 Å². The Hall–Kier alpha value is -4.95. The number of pyridine rings is 2. The zero-order valence-electron chi connectivity index (χ0n) is 29.2. The van der Waals surface area contributed by atoms with Crippen molar-refractivity contribution in [1.29, 1.82) is 0 Å². The molecule has 2 nitrogen and oxygen atoms in total. The smallest absolute Gasteiger partial charge is 0.0166 e. The Morgan fingerprint density at radius 3 is 1.84 bits per heavy atom. The van der Waals surface area contributed by atoms with Gasteiger partial charge in [-0.3, -0.25) is 0 Å². The molecule has 1 radical (unpaired) electrons. The molecule has 2 aromatic heterocycles. The molecule has 0 aliphatic heterocycles. The van der Waals surface area contributed by atoms with Crippen molar-refractivity contribution >= 4 is 0 Å². The van der Waals surface area contributed by atoms with Gasteiger partial charge in [0, 0.05) is 32.5 Å². The molecule has 7 aromatic rings. The first-order chi connectivity index (χ1) is 23.7. The summed E-state index contributed by atoms with van der Waals surface area (Å²) in [7, 11) is 0. The monoisotopic (exact) mass is 825 g/mol. The van der Waals surface area contributed by atoms with Crippen LogP contribution in [-0.2, 0) is 30.9 Å². The maximum atomic E-state index is 4.70. The van der Waals surface area contributed by atoms with Crippen LogP contribution in [0, 0.1) is 12.1 Å². The second-order valence-corrected chi connectivity index (χ2v) is 14.1. The average molecular weight is 825 g/mol. The van der Waals surface area contributed by atoms with E-state index in [1.807, 2.05) is 42.7 Å². The van der Waals surface area contributed by atoms with Gasteiger partial charge in [-0.1, -0.05) is 137 Å². The first-order valence-corrected chi connectivity index (χ1v) is 16.9. The molecule has 0 saturated heterocycles. The van der Waals surface area contributed by atoms with Crippen LogP contribution in [0.25, 0.3) is 55.9 Å². The summed E-state index contributed by atoms with van der Waals surface area (Å²) in [5.74, 6) is 0. The van der Waals surface area contributed by atoms with E-state index in [9.17, 15) is 0 Å². The van der Waals surface area contributed by atoms with E-state index in [0.29, 0.717) is 0 Å². The van der Waals surface area contributed by atoms with Gasteiger partial charge < -0.3 is 9.97 Å². The summed E-state index contributed by atoms with van der Waals surface area (Å²) in [6.45, 7) is 11.3. The van der Waals surface area contributed by atoms with E-state index in [2.05, 4.69) is 161 Å². The van der Waals surface area contributed by atoms with E-state index in [4.69, 9.17) is 4.98 Å². The minimum Gasteiger partial charge on any atom is -0.305 e. The molecule has 0 atom stereocenters. The molecule has 0 amide bonds. The van der Waals surface area contributed by atoms with E-state index in [-0.39, 0.29) is 30.9 Å². The van der Waals surface area contributed by atoms with Crippen molar-refractivity contribution in [2.24, 2.45) is 0 Å². The van der Waals surface area contributed by atoms with Gasteiger partial charge in [0.2, 0.25) is 0 Å². The molecule has 0 fully saturated rings. The summed E-state index contributed by atoms with van der Waals surface area (Å²) >= 11 is 0. The van der Waals surface area contributed by atoms with Gasteiger partial charge in [-0.2, -0.15) is 0 Å². The van der Waals surface area contributed by atoms with Crippen LogP contribution in [0.4, 0.5) is 0 Å². The van der Waals surface area contributed by atoms with Crippen LogP contribution >= 0.6 is 0 Å². The summed E-state index contributed by atoms with van der Waals surface area (Å²) in [4.78, 5) is 9.24. The SMILES string of the molecule is CC(C)(C)c1ccnc(-c2[c-]ccc3c2C(C)(C)c2ccccc2-3)c1.[Ir].[c-]1ccc(-c2ccccc2)cc1-c1cc(-c2ccccc2)ccn1. The second kappa shape index (κ2) is 14.5. The molecule has 2 heterocycles. The van der Waals surface area contributed by atoms with Crippen LogP contribution in [0.15, 0.2) is 152 Å². The maximum Gasteiger partial charge on any atom is 0.0166 e. The third-order valence-electron chi connectivity index (χ3n) is 9.45. The fourth-order valence-corrected chi connectivity index (χ4v) is 6.82. The Kier molecular flexibility index (Phi) is 10.1. The molecule has 0 spiro atoms. The molecule has 0 bridgehead atoms. The number of hydrogen-bond donors (Lipinski definition) is 0. The number of nitrogens with zero attached hydrogens (tertiary/aromatic N) is 2. The minimum atomic E-state index is -0.0432. The zero-order chi connectivity index (χ0) is 34.0. The molecular weight excluding hydrogens is 785 g/mol. The Morgan fingerprint density at radius 1 is 0.540 bits per heavy atom. The zero-order valence-corrected chi connectivity index (χ0v) is 31.6. The number of aromatic nitrogens is 2. The van der Waals surface area contributed by atoms with Gasteiger partial charge in [0.25, 0.3) is 0 Å². The van der Waals surface area contributed by atoms with Gasteiger partial charge >= 0.3 is 0 Å². The largest absolute Gasteiger partial charge is 0.305 e. The van der Waals surface area contributed by atoms with Crippen molar-refractivity contribution in [3.63, 3.8) is 0 Å². The number of hydrogen-bond acceptors (Lipinski definition) is 2. The first-order valence-electron chi connectivity index (χ1n) is 16.9. The molecule has 5 aromatic carbocycles. The molecule has 0 saturated carbocycles. The number of fused-ring (bicyclic) bond motifs is 3. The molecule has 0 N–H and O–H groups in total. The van der Waals surface area contributed by atoms with E-state index in [1.54, 1.807) is 0 Å². The Balaban J connectivity index is 0.000000170. The molecule has 0 unspecified atom stereocenters. The van der Waals surface area contributed by atoms with E-state index in [1.165, 1.54) is 50.1 Å². The third-order valence-corrected chi connectivity index (χ3v) is 9.45. The molecule has 1 aliphatic rings. The molecule has 8 rings (SSSR count). The predicted octanol–water partition coefficient (Wildman–Crippen LogP) is 12.0. The van der Waals surface area contributed by atoms with E-state index in [0.717, 1.165) is 22.5 Å². The summed E-state index contributed by atoms with van der Waals surface area (Å²) in [5.41, 5.74) is 15.6. The Morgan fingerprint density at radius 2 is 1.14 bits per heavy atom. The van der Waals surface area contributed by atoms with Crippen molar-refractivity contribution in [3.05, 3.63) is 181 Å². The maximum absolute atomic E-state index is 4.70. The van der Waals surface area contributed by atoms with E-state index < -0.39 is 0 Å². The molecule has 249 valence electrons. The molecule has 3 heteroatoms. The second-order valence-electron chi connectivity index (χ2n) is 14.1. The van der Waals surface area contributed by atoms with Crippen molar-refractivity contribution in [2.75, 3.05) is 0 Å². The van der Waals surface area contributed by atoms with Gasteiger partial charge in [-0.05, 0) is 67.7 Å². The fraction of sp³-hybridized carbons (Fsp3) is 0.149. The Bertz CT molecular complexity index is 2150. The number of rotatable bonds is 4. The van der Waals surface area contributed by atoms with Crippen molar-refractivity contribution in [3.8, 4) is 55.9 Å². The first kappa shape index (κ1) is 34.9. The quantitative estimate of drug-likeness (QED) is 0.165. The van der Waals surface area contributed by atoms with Crippen LogP contribution in [0.5, 0.6) is 0 Å². The van der Waals surface area contributed by atoms with Crippen LogP contribution in [0.1, 0.15) is 51.3 Å². The summed E-state index contributed by atoms with van der Waals surface area (Å²) < 4.78 is 0. The van der Waals surface area contributed by atoms with Crippen LogP contribution < -0.4 is 0 Å². The topological polar surface area (TPSA) is 25.8 Å². The van der Waals surface area contributed by atoms with Crippen molar-refractivity contribution < 1.29 is 20.1 Å². The Labute approximate surface area is 310 Å². The standard InChI is InChI=1S/C24H24N.C23H16N.Ir/c1-23(2,3)16-13-14-25-21(15-16)19-11-8-10-18-17-9-6-7-12-20(17)24(4,5)22(18)19;1-3-8-18(9-4-1)20-12-7-13-22(16-20)23-17-21(14-15-24-23)19-10-5-2-6-11-19;/h6-10,12-15H,1-5H3;1-12,14-17H;/q2*-1;. The predicted molar refractivity (Wildman–Crippen MR) is 204 cm³/mol. The van der Waals surface area contributed by atoms with Crippen LogP contribution in [0.2, 0.25) is 0 Å². The minimum absolute atomic E-state index is 0. The van der Waals surface area contributed by atoms with Gasteiger partial charge in [0.05, 0.1) is 0 Å². The molecule has 50 heavy (non-hydrogen) atoms. The normalized spacial score (nSPS) is 12.5. The summed E-state index contributed by atoms with van der Waals surface area (Å²) in [5, 5.41) is 0. The third kappa shape index (κ3) is 7.03. The van der Waals surface area contributed by atoms with Crippen LogP contribution in [0.3, 0.4) is 0 Å². The van der Waals surface area contributed by atoms with Gasteiger partial charge in [0.1, 0.15) is 0 Å². The van der Waals surface area contributed by atoms with Crippen molar-refractivity contribution in [2.45, 2.75) is 45.4 Å². The summed E-state index contributed by atoms with van der Waals surface area (Å²) in [6.07, 6.45) is 3.79. The van der Waals surface area contributed by atoms with Crippen molar-refractivity contribution in [1.82, 2.24) is 9.97 Å².